The molecule has 0 fully saturated rings. The van der Waals surface area contributed by atoms with Gasteiger partial charge in [-0.05, 0) is 33.3 Å². The number of sulfonamides is 1. The average molecular weight is 338 g/mol. The van der Waals surface area contributed by atoms with Crippen molar-refractivity contribution >= 4 is 21.4 Å². The van der Waals surface area contributed by atoms with Crippen LogP contribution in [-0.4, -0.2) is 23.1 Å². The number of nitrogens with zero attached hydrogens (tertiary/aromatic N) is 3. The summed E-state index contributed by atoms with van der Waals surface area (Å²) in [4.78, 5) is 10.6. The number of anilines is 1. The van der Waals surface area contributed by atoms with Crippen LogP contribution in [0.15, 0.2) is 17.0 Å². The van der Waals surface area contributed by atoms with Gasteiger partial charge in [-0.2, -0.15) is 5.10 Å². The quantitative estimate of drug-likeness (QED) is 0.680. The molecular formula is C14H18N4O4S. The average Bonchev–Trinajstić information content (AvgIpc) is 2.68. The Morgan fingerprint density at radius 3 is 2.30 bits per heavy atom. The molecule has 8 nitrogen and oxygen atoms in total. The van der Waals surface area contributed by atoms with E-state index >= 15 is 0 Å². The van der Waals surface area contributed by atoms with E-state index in [-0.39, 0.29) is 21.8 Å². The van der Waals surface area contributed by atoms with Crippen LogP contribution in [0.25, 0.3) is 0 Å². The van der Waals surface area contributed by atoms with E-state index in [1.165, 1.54) is 23.7 Å². The fourth-order valence-corrected chi connectivity index (χ4v) is 4.16. The van der Waals surface area contributed by atoms with E-state index in [1.807, 2.05) is 0 Å². The van der Waals surface area contributed by atoms with E-state index in [9.17, 15) is 18.5 Å². The van der Waals surface area contributed by atoms with E-state index < -0.39 is 14.9 Å². The molecule has 9 heteroatoms. The Morgan fingerprint density at radius 2 is 1.83 bits per heavy atom. The second-order valence-electron chi connectivity index (χ2n) is 5.39. The molecule has 2 rings (SSSR count). The lowest BCUT2D eigenvalue weighted by Gasteiger charge is -2.13. The topological polar surface area (TPSA) is 107 Å². The summed E-state index contributed by atoms with van der Waals surface area (Å²) in [5.41, 5.74) is 1.84. The lowest BCUT2D eigenvalue weighted by Crippen LogP contribution is -2.17. The van der Waals surface area contributed by atoms with E-state index in [2.05, 4.69) is 9.82 Å². The van der Waals surface area contributed by atoms with Crippen LogP contribution in [0.5, 0.6) is 0 Å². The first-order chi connectivity index (χ1) is 10.6. The third-order valence-electron chi connectivity index (χ3n) is 3.79. The molecule has 1 aromatic carbocycles. The minimum Gasteiger partial charge on any atom is -0.279 e. The Balaban J connectivity index is 2.58. The van der Waals surface area contributed by atoms with E-state index in [1.54, 1.807) is 27.8 Å². The van der Waals surface area contributed by atoms with Crippen molar-refractivity contribution in [3.8, 4) is 0 Å². The van der Waals surface area contributed by atoms with Gasteiger partial charge in [-0.1, -0.05) is 6.07 Å². The second kappa shape index (κ2) is 5.65. The Bertz CT molecular complexity index is 900. The van der Waals surface area contributed by atoms with E-state index in [4.69, 9.17) is 0 Å². The molecule has 0 radical (unpaired) electrons. The number of nitrogens with one attached hydrogen (secondary N) is 1. The van der Waals surface area contributed by atoms with Gasteiger partial charge < -0.3 is 0 Å². The summed E-state index contributed by atoms with van der Waals surface area (Å²) in [7, 11) is -2.24. The van der Waals surface area contributed by atoms with Crippen molar-refractivity contribution in [2.24, 2.45) is 7.05 Å². The minimum absolute atomic E-state index is 0.0882. The van der Waals surface area contributed by atoms with Crippen molar-refractivity contribution in [2.45, 2.75) is 32.6 Å². The van der Waals surface area contributed by atoms with Crippen LogP contribution in [-0.2, 0) is 17.1 Å². The SMILES string of the molecule is Cc1ccc([N+](=O)[O-])c(C)c1NS(=O)(=O)c1c(C)nn(C)c1C. The summed E-state index contributed by atoms with van der Waals surface area (Å²) in [5.74, 6) is 0. The highest BCUT2D eigenvalue weighted by atomic mass is 32.2. The van der Waals surface area contributed by atoms with E-state index in [0.29, 0.717) is 17.0 Å². The van der Waals surface area contributed by atoms with Crippen molar-refractivity contribution in [1.29, 1.82) is 0 Å². The Hall–Kier alpha value is -2.42. The van der Waals surface area contributed by atoms with Gasteiger partial charge in [0.15, 0.2) is 0 Å². The fraction of sp³-hybridized carbons (Fsp3) is 0.357. The predicted molar refractivity (Wildman–Crippen MR) is 86.1 cm³/mol. The van der Waals surface area contributed by atoms with Crippen LogP contribution in [0.4, 0.5) is 11.4 Å². The molecule has 0 bridgehead atoms. The van der Waals surface area contributed by atoms with Crippen LogP contribution in [0, 0.1) is 37.8 Å². The number of rotatable bonds is 4. The van der Waals surface area contributed by atoms with Crippen LogP contribution < -0.4 is 4.72 Å². The highest BCUT2D eigenvalue weighted by Crippen LogP contribution is 2.31. The summed E-state index contributed by atoms with van der Waals surface area (Å²) in [5, 5.41) is 15.1. The molecule has 2 aromatic rings. The Labute approximate surface area is 134 Å². The molecule has 0 aliphatic heterocycles. The fourth-order valence-electron chi connectivity index (χ4n) is 2.52. The van der Waals surface area contributed by atoms with Gasteiger partial charge in [0.2, 0.25) is 0 Å². The number of hydrogen-bond acceptors (Lipinski definition) is 5. The first kappa shape index (κ1) is 16.9. The molecule has 0 saturated carbocycles. The highest BCUT2D eigenvalue weighted by Gasteiger charge is 2.26. The molecule has 0 amide bonds. The van der Waals surface area contributed by atoms with Gasteiger partial charge in [0.05, 0.1) is 27.6 Å². The number of aromatic nitrogens is 2. The molecule has 1 N–H and O–H groups in total. The molecule has 23 heavy (non-hydrogen) atoms. The normalized spacial score (nSPS) is 11.5. The van der Waals surface area contributed by atoms with Gasteiger partial charge in [0.25, 0.3) is 15.7 Å². The molecule has 0 aliphatic rings. The summed E-state index contributed by atoms with van der Waals surface area (Å²) in [6.45, 7) is 6.47. The lowest BCUT2D eigenvalue weighted by atomic mass is 10.1. The van der Waals surface area contributed by atoms with Crippen LogP contribution >= 0.6 is 0 Å². The molecule has 1 aromatic heterocycles. The molecule has 0 unspecified atom stereocenters. The van der Waals surface area contributed by atoms with Crippen molar-refractivity contribution in [3.05, 3.63) is 44.8 Å². The largest absolute Gasteiger partial charge is 0.279 e. The third-order valence-corrected chi connectivity index (χ3v) is 5.39. The van der Waals surface area contributed by atoms with Crippen molar-refractivity contribution < 1.29 is 13.3 Å². The smallest absolute Gasteiger partial charge is 0.274 e. The van der Waals surface area contributed by atoms with Gasteiger partial charge in [0.1, 0.15) is 4.90 Å². The van der Waals surface area contributed by atoms with E-state index in [0.717, 1.165) is 0 Å². The molecule has 0 aliphatic carbocycles. The van der Waals surface area contributed by atoms with Gasteiger partial charge >= 0.3 is 0 Å². The maximum Gasteiger partial charge on any atom is 0.274 e. The molecule has 1 heterocycles. The Kier molecular flexibility index (Phi) is 4.16. The standard InChI is InChI=1S/C14H18N4O4S/c1-8-6-7-12(18(19)20)9(2)13(8)16-23(21,22)14-10(3)15-17(5)11(14)4/h6-7,16H,1-5H3. The van der Waals surface area contributed by atoms with Crippen LogP contribution in [0.3, 0.4) is 0 Å². The third kappa shape index (κ3) is 2.91. The molecule has 0 spiro atoms. The van der Waals surface area contributed by atoms with Crippen LogP contribution in [0.1, 0.15) is 22.5 Å². The zero-order valence-electron chi connectivity index (χ0n) is 13.5. The molecular weight excluding hydrogens is 320 g/mol. The molecule has 124 valence electrons. The number of nitro groups is 1. The summed E-state index contributed by atoms with van der Waals surface area (Å²) >= 11 is 0. The summed E-state index contributed by atoms with van der Waals surface area (Å²) < 4.78 is 29.4. The first-order valence-electron chi connectivity index (χ1n) is 6.84. The maximum atomic E-state index is 12.7. The van der Waals surface area contributed by atoms with Crippen molar-refractivity contribution in [3.63, 3.8) is 0 Å². The van der Waals surface area contributed by atoms with Crippen molar-refractivity contribution in [2.75, 3.05) is 4.72 Å². The summed E-state index contributed by atoms with van der Waals surface area (Å²) in [6, 6.07) is 2.88. The molecule has 0 atom stereocenters. The van der Waals surface area contributed by atoms with Gasteiger partial charge in [-0.15, -0.1) is 0 Å². The molecule has 0 saturated heterocycles. The monoisotopic (exact) mass is 338 g/mol. The zero-order chi connectivity index (χ0) is 17.5. The first-order valence-corrected chi connectivity index (χ1v) is 8.32. The van der Waals surface area contributed by atoms with Crippen molar-refractivity contribution in [1.82, 2.24) is 9.78 Å². The van der Waals surface area contributed by atoms with Gasteiger partial charge in [-0.25, -0.2) is 8.42 Å². The zero-order valence-corrected chi connectivity index (χ0v) is 14.4. The predicted octanol–water partition coefficient (Wildman–Crippen LogP) is 2.36. The van der Waals surface area contributed by atoms with Gasteiger partial charge in [-0.3, -0.25) is 19.5 Å². The second-order valence-corrected chi connectivity index (χ2v) is 7.01. The number of benzene rings is 1. The number of nitro benzene ring substituents is 1. The maximum absolute atomic E-state index is 12.7. The highest BCUT2D eigenvalue weighted by molar-refractivity contribution is 7.92. The van der Waals surface area contributed by atoms with Gasteiger partial charge in [0, 0.05) is 13.1 Å². The summed E-state index contributed by atoms with van der Waals surface area (Å²) in [6.07, 6.45) is 0. The number of hydrogen-bond donors (Lipinski definition) is 1. The van der Waals surface area contributed by atoms with Crippen LogP contribution in [0.2, 0.25) is 0 Å². The minimum atomic E-state index is -3.90. The number of aryl methyl sites for hydroxylation is 3. The lowest BCUT2D eigenvalue weighted by molar-refractivity contribution is -0.385. The Morgan fingerprint density at radius 1 is 1.22 bits per heavy atom.